The van der Waals surface area contributed by atoms with Gasteiger partial charge in [-0.25, -0.2) is 18.2 Å². The second kappa shape index (κ2) is 7.67. The first-order chi connectivity index (χ1) is 12.4. The number of aryl methyl sites for hydroxylation is 1. The molecule has 0 unspecified atom stereocenters. The van der Waals surface area contributed by atoms with Crippen LogP contribution in [0.1, 0.15) is 29.7 Å². The van der Waals surface area contributed by atoms with Crippen LogP contribution < -0.4 is 0 Å². The third-order valence-electron chi connectivity index (χ3n) is 4.27. The van der Waals surface area contributed by atoms with Crippen LogP contribution in [-0.2, 0) is 45.7 Å². The number of hydrogen-bond acceptors (Lipinski definition) is 5. The van der Waals surface area contributed by atoms with Gasteiger partial charge >= 0.3 is 6.09 Å². The minimum Gasteiger partial charge on any atom is -0.445 e. The van der Waals surface area contributed by atoms with Crippen LogP contribution in [0.4, 0.5) is 4.79 Å². The summed E-state index contributed by atoms with van der Waals surface area (Å²) in [6.45, 7) is 3.29. The molecule has 1 aromatic carbocycles. The molecule has 0 saturated heterocycles. The summed E-state index contributed by atoms with van der Waals surface area (Å²) >= 11 is 0. The van der Waals surface area contributed by atoms with Crippen LogP contribution in [0, 0.1) is 0 Å². The molecule has 1 amide bonds. The molecule has 0 aliphatic carbocycles. The van der Waals surface area contributed by atoms with Gasteiger partial charge in [-0.05, 0) is 12.0 Å². The molecule has 0 saturated carbocycles. The first kappa shape index (κ1) is 18.7. The van der Waals surface area contributed by atoms with E-state index < -0.39 is 15.1 Å². The summed E-state index contributed by atoms with van der Waals surface area (Å²) in [7, 11) is 1.75. The Morgan fingerprint density at radius 1 is 1.27 bits per heavy atom. The van der Waals surface area contributed by atoms with E-state index in [4.69, 9.17) is 15.4 Å². The quantitative estimate of drug-likeness (QED) is 0.724. The minimum absolute atomic E-state index is 0.209. The summed E-state index contributed by atoms with van der Waals surface area (Å²) in [4.78, 5) is 18.4. The van der Waals surface area contributed by atoms with Gasteiger partial charge in [0.2, 0.25) is 9.05 Å². The van der Waals surface area contributed by atoms with Gasteiger partial charge in [-0.1, -0.05) is 37.3 Å². The van der Waals surface area contributed by atoms with Crippen molar-refractivity contribution in [2.75, 3.05) is 6.54 Å². The second-order valence-electron chi connectivity index (χ2n) is 6.07. The molecule has 26 heavy (non-hydrogen) atoms. The smallest absolute Gasteiger partial charge is 0.410 e. The molecule has 1 aromatic heterocycles. The molecule has 140 valence electrons. The first-order valence-corrected chi connectivity index (χ1v) is 10.8. The SMILES string of the molecule is CCc1nc2n(c1CS(=O)(=O)Cl)CCN(C(=O)OCc1ccccc1)C2. The van der Waals surface area contributed by atoms with Crippen LogP contribution in [0.3, 0.4) is 0 Å². The Bertz CT molecular complexity index is 896. The van der Waals surface area contributed by atoms with Crippen molar-refractivity contribution in [1.82, 2.24) is 14.5 Å². The molecular formula is C17H20ClN3O4S. The van der Waals surface area contributed by atoms with E-state index >= 15 is 0 Å². The van der Waals surface area contributed by atoms with Gasteiger partial charge in [-0.3, -0.25) is 4.90 Å². The fraction of sp³-hybridized carbons (Fsp3) is 0.412. The lowest BCUT2D eigenvalue weighted by molar-refractivity contribution is 0.0860. The lowest BCUT2D eigenvalue weighted by Crippen LogP contribution is -2.39. The molecule has 0 atom stereocenters. The number of aromatic nitrogens is 2. The maximum Gasteiger partial charge on any atom is 0.410 e. The zero-order valence-electron chi connectivity index (χ0n) is 14.4. The summed E-state index contributed by atoms with van der Waals surface area (Å²) < 4.78 is 30.2. The van der Waals surface area contributed by atoms with Crippen molar-refractivity contribution in [1.29, 1.82) is 0 Å². The van der Waals surface area contributed by atoms with Gasteiger partial charge in [0.1, 0.15) is 18.2 Å². The number of hydrogen-bond donors (Lipinski definition) is 0. The van der Waals surface area contributed by atoms with Crippen molar-refractivity contribution in [3.05, 3.63) is 53.1 Å². The molecule has 3 rings (SSSR count). The maximum absolute atomic E-state index is 12.3. The lowest BCUT2D eigenvalue weighted by Gasteiger charge is -2.27. The van der Waals surface area contributed by atoms with E-state index in [2.05, 4.69) is 4.98 Å². The van der Waals surface area contributed by atoms with Gasteiger partial charge in [0, 0.05) is 23.8 Å². The Kier molecular flexibility index (Phi) is 5.52. The van der Waals surface area contributed by atoms with Crippen LogP contribution in [-0.4, -0.2) is 35.5 Å². The van der Waals surface area contributed by atoms with Crippen LogP contribution >= 0.6 is 10.7 Å². The molecule has 0 fully saturated rings. The molecular weight excluding hydrogens is 378 g/mol. The highest BCUT2D eigenvalue weighted by molar-refractivity contribution is 8.13. The van der Waals surface area contributed by atoms with Gasteiger partial charge in [-0.15, -0.1) is 0 Å². The predicted molar refractivity (Wildman–Crippen MR) is 97.1 cm³/mol. The number of amides is 1. The zero-order chi connectivity index (χ0) is 18.7. The van der Waals surface area contributed by atoms with Gasteiger partial charge < -0.3 is 9.30 Å². The Hall–Kier alpha value is -2.06. The fourth-order valence-electron chi connectivity index (χ4n) is 3.02. The summed E-state index contributed by atoms with van der Waals surface area (Å²) in [6.07, 6.45) is 0.188. The van der Waals surface area contributed by atoms with Crippen LogP contribution in [0.15, 0.2) is 30.3 Å². The number of rotatable bonds is 5. The number of carbonyl (C=O) groups excluding carboxylic acids is 1. The van der Waals surface area contributed by atoms with Crippen LogP contribution in [0.2, 0.25) is 0 Å². The Balaban J connectivity index is 1.70. The van der Waals surface area contributed by atoms with E-state index in [1.54, 1.807) is 4.90 Å². The molecule has 9 heteroatoms. The van der Waals surface area contributed by atoms with Gasteiger partial charge in [0.05, 0.1) is 17.9 Å². The van der Waals surface area contributed by atoms with Crippen molar-refractivity contribution in [3.8, 4) is 0 Å². The first-order valence-electron chi connectivity index (χ1n) is 8.32. The number of ether oxygens (including phenoxy) is 1. The summed E-state index contributed by atoms with van der Waals surface area (Å²) in [6, 6.07) is 9.46. The molecule has 2 aromatic rings. The summed E-state index contributed by atoms with van der Waals surface area (Å²) in [5.74, 6) is 0.392. The van der Waals surface area contributed by atoms with Crippen molar-refractivity contribution >= 4 is 25.8 Å². The minimum atomic E-state index is -3.68. The normalized spacial score (nSPS) is 14.2. The number of carbonyl (C=O) groups is 1. The topological polar surface area (TPSA) is 81.5 Å². The van der Waals surface area contributed by atoms with Gasteiger partial charge in [0.25, 0.3) is 0 Å². The monoisotopic (exact) mass is 397 g/mol. The standard InChI is InChI=1S/C17H20ClN3O4S/c1-2-14-15(12-26(18,23)24)21-9-8-20(10-16(21)19-14)17(22)25-11-13-6-4-3-5-7-13/h3-7H,2,8-12H2,1H3. The molecule has 0 spiro atoms. The molecule has 1 aliphatic heterocycles. The third-order valence-corrected chi connectivity index (χ3v) is 5.21. The van der Waals surface area contributed by atoms with Crippen LogP contribution in [0.5, 0.6) is 0 Å². The molecule has 2 heterocycles. The maximum atomic E-state index is 12.3. The highest BCUT2D eigenvalue weighted by Gasteiger charge is 2.28. The highest BCUT2D eigenvalue weighted by Crippen LogP contribution is 2.22. The molecule has 0 radical (unpaired) electrons. The number of nitrogens with zero attached hydrogens (tertiary/aromatic N) is 3. The average Bonchev–Trinajstić information content (AvgIpc) is 2.95. The number of benzene rings is 1. The molecule has 0 bridgehead atoms. The second-order valence-corrected chi connectivity index (χ2v) is 8.85. The fourth-order valence-corrected chi connectivity index (χ4v) is 3.98. The van der Waals surface area contributed by atoms with Crippen molar-refractivity contribution in [2.24, 2.45) is 0 Å². The van der Waals surface area contributed by atoms with E-state index in [9.17, 15) is 13.2 Å². The van der Waals surface area contributed by atoms with Crippen molar-refractivity contribution < 1.29 is 17.9 Å². The number of fused-ring (bicyclic) bond motifs is 1. The number of imidazole rings is 1. The predicted octanol–water partition coefficient (Wildman–Crippen LogP) is 2.67. The van der Waals surface area contributed by atoms with Crippen molar-refractivity contribution in [3.63, 3.8) is 0 Å². The van der Waals surface area contributed by atoms with Crippen LogP contribution in [0.25, 0.3) is 0 Å². The van der Waals surface area contributed by atoms with Gasteiger partial charge in [-0.2, -0.15) is 0 Å². The molecule has 7 nitrogen and oxygen atoms in total. The van der Waals surface area contributed by atoms with E-state index in [0.29, 0.717) is 36.7 Å². The summed E-state index contributed by atoms with van der Waals surface area (Å²) in [5.41, 5.74) is 2.22. The molecule has 1 aliphatic rings. The van der Waals surface area contributed by atoms with E-state index in [1.807, 2.05) is 41.8 Å². The third kappa shape index (κ3) is 4.37. The van der Waals surface area contributed by atoms with E-state index in [0.717, 1.165) is 5.56 Å². The lowest BCUT2D eigenvalue weighted by atomic mass is 10.2. The highest BCUT2D eigenvalue weighted by atomic mass is 35.7. The Morgan fingerprint density at radius 3 is 2.65 bits per heavy atom. The van der Waals surface area contributed by atoms with Crippen molar-refractivity contribution in [2.45, 2.75) is 38.8 Å². The zero-order valence-corrected chi connectivity index (χ0v) is 16.0. The Labute approximate surface area is 157 Å². The largest absolute Gasteiger partial charge is 0.445 e. The van der Waals surface area contributed by atoms with Gasteiger partial charge in [0.15, 0.2) is 0 Å². The molecule has 0 N–H and O–H groups in total. The Morgan fingerprint density at radius 2 is 2.00 bits per heavy atom. The number of halogens is 1. The van der Waals surface area contributed by atoms with E-state index in [1.165, 1.54) is 0 Å². The summed E-state index contributed by atoms with van der Waals surface area (Å²) in [5, 5.41) is 0. The average molecular weight is 398 g/mol. The van der Waals surface area contributed by atoms with E-state index in [-0.39, 0.29) is 18.9 Å².